The van der Waals surface area contributed by atoms with Crippen molar-refractivity contribution in [1.82, 2.24) is 5.32 Å². The number of hydrogen-bond donors (Lipinski definition) is 2. The van der Waals surface area contributed by atoms with E-state index in [4.69, 9.17) is 5.73 Å². The van der Waals surface area contributed by atoms with Crippen LogP contribution in [0, 0.1) is 5.82 Å². The van der Waals surface area contributed by atoms with Gasteiger partial charge in [-0.2, -0.15) is 0 Å². The second-order valence-corrected chi connectivity index (χ2v) is 5.19. The first-order valence-corrected chi connectivity index (χ1v) is 6.90. The summed E-state index contributed by atoms with van der Waals surface area (Å²) < 4.78 is 13.4. The van der Waals surface area contributed by atoms with Crippen molar-refractivity contribution in [1.29, 1.82) is 0 Å². The fraction of sp³-hybridized carbons (Fsp3) is 0.133. The summed E-state index contributed by atoms with van der Waals surface area (Å²) >= 11 is 3.06. The standard InChI is InChI=1S/C15H14BrFN2O/c16-13-7-12(5-6-14(13)17)15(20)19-9-11-3-1-10(8-18)2-4-11/h1-7H,8-9,18H2,(H,19,20). The number of hydrogen-bond acceptors (Lipinski definition) is 2. The minimum Gasteiger partial charge on any atom is -0.348 e. The second-order valence-electron chi connectivity index (χ2n) is 4.33. The molecule has 3 nitrogen and oxygen atoms in total. The average molecular weight is 337 g/mol. The van der Waals surface area contributed by atoms with Crippen molar-refractivity contribution in [3.8, 4) is 0 Å². The number of carbonyl (C=O) groups is 1. The molecule has 0 unspecified atom stereocenters. The molecule has 0 saturated carbocycles. The molecule has 2 rings (SSSR count). The number of halogens is 2. The Morgan fingerprint density at radius 1 is 1.15 bits per heavy atom. The van der Waals surface area contributed by atoms with Crippen LogP contribution in [0.25, 0.3) is 0 Å². The molecule has 0 aliphatic carbocycles. The Morgan fingerprint density at radius 3 is 2.40 bits per heavy atom. The van der Waals surface area contributed by atoms with E-state index in [1.54, 1.807) is 0 Å². The number of nitrogens with one attached hydrogen (secondary N) is 1. The molecular formula is C15H14BrFN2O. The highest BCUT2D eigenvalue weighted by Gasteiger charge is 2.08. The zero-order valence-corrected chi connectivity index (χ0v) is 12.3. The van der Waals surface area contributed by atoms with Gasteiger partial charge in [0.2, 0.25) is 0 Å². The number of amides is 1. The van der Waals surface area contributed by atoms with Crippen LogP contribution in [0.3, 0.4) is 0 Å². The van der Waals surface area contributed by atoms with Crippen molar-refractivity contribution in [2.45, 2.75) is 13.1 Å². The summed E-state index contributed by atoms with van der Waals surface area (Å²) in [6, 6.07) is 11.9. The fourth-order valence-corrected chi connectivity index (χ4v) is 2.09. The lowest BCUT2D eigenvalue weighted by Crippen LogP contribution is -2.22. The Kier molecular flexibility index (Phi) is 4.87. The molecule has 0 bridgehead atoms. The SMILES string of the molecule is NCc1ccc(CNC(=O)c2ccc(F)c(Br)c2)cc1. The van der Waals surface area contributed by atoms with E-state index in [0.717, 1.165) is 11.1 Å². The molecule has 0 aromatic heterocycles. The van der Waals surface area contributed by atoms with Gasteiger partial charge in [0.15, 0.2) is 0 Å². The first kappa shape index (κ1) is 14.7. The van der Waals surface area contributed by atoms with Crippen molar-refractivity contribution in [2.24, 2.45) is 5.73 Å². The molecule has 2 aromatic carbocycles. The summed E-state index contributed by atoms with van der Waals surface area (Å²) in [5, 5.41) is 2.79. The van der Waals surface area contributed by atoms with Gasteiger partial charge in [-0.25, -0.2) is 4.39 Å². The van der Waals surface area contributed by atoms with Gasteiger partial charge in [-0.15, -0.1) is 0 Å². The molecule has 0 heterocycles. The molecule has 0 fully saturated rings. The highest BCUT2D eigenvalue weighted by Crippen LogP contribution is 2.16. The van der Waals surface area contributed by atoms with E-state index in [1.807, 2.05) is 24.3 Å². The highest BCUT2D eigenvalue weighted by atomic mass is 79.9. The predicted molar refractivity (Wildman–Crippen MR) is 79.6 cm³/mol. The normalized spacial score (nSPS) is 10.3. The van der Waals surface area contributed by atoms with E-state index in [-0.39, 0.29) is 16.2 Å². The van der Waals surface area contributed by atoms with Gasteiger partial charge in [-0.05, 0) is 45.3 Å². The van der Waals surface area contributed by atoms with Crippen molar-refractivity contribution in [3.05, 3.63) is 69.4 Å². The van der Waals surface area contributed by atoms with Gasteiger partial charge in [-0.3, -0.25) is 4.79 Å². The van der Waals surface area contributed by atoms with Crippen LogP contribution in [-0.2, 0) is 13.1 Å². The Morgan fingerprint density at radius 2 is 1.80 bits per heavy atom. The zero-order chi connectivity index (χ0) is 14.5. The maximum Gasteiger partial charge on any atom is 0.251 e. The van der Waals surface area contributed by atoms with E-state index in [1.165, 1.54) is 18.2 Å². The van der Waals surface area contributed by atoms with Gasteiger partial charge < -0.3 is 11.1 Å². The summed E-state index contributed by atoms with van der Waals surface area (Å²) in [7, 11) is 0. The summed E-state index contributed by atoms with van der Waals surface area (Å²) in [6.07, 6.45) is 0. The molecule has 1 amide bonds. The summed E-state index contributed by atoms with van der Waals surface area (Å²) in [5.74, 6) is -0.632. The molecule has 5 heteroatoms. The topological polar surface area (TPSA) is 55.1 Å². The maximum absolute atomic E-state index is 13.1. The summed E-state index contributed by atoms with van der Waals surface area (Å²) in [5.41, 5.74) is 7.96. The van der Waals surface area contributed by atoms with Crippen LogP contribution in [0.1, 0.15) is 21.5 Å². The van der Waals surface area contributed by atoms with Crippen molar-refractivity contribution in [2.75, 3.05) is 0 Å². The third kappa shape index (κ3) is 3.65. The van der Waals surface area contributed by atoms with E-state index in [0.29, 0.717) is 18.7 Å². The van der Waals surface area contributed by atoms with Gasteiger partial charge in [0, 0.05) is 18.7 Å². The van der Waals surface area contributed by atoms with Crippen molar-refractivity contribution >= 4 is 21.8 Å². The van der Waals surface area contributed by atoms with Gasteiger partial charge in [0.05, 0.1) is 4.47 Å². The van der Waals surface area contributed by atoms with Crippen LogP contribution >= 0.6 is 15.9 Å². The van der Waals surface area contributed by atoms with Gasteiger partial charge in [0.1, 0.15) is 5.82 Å². The van der Waals surface area contributed by atoms with E-state index >= 15 is 0 Å². The summed E-state index contributed by atoms with van der Waals surface area (Å²) in [4.78, 5) is 11.9. The largest absolute Gasteiger partial charge is 0.348 e. The van der Waals surface area contributed by atoms with Crippen LogP contribution < -0.4 is 11.1 Å². The zero-order valence-electron chi connectivity index (χ0n) is 10.7. The molecule has 0 saturated heterocycles. The monoisotopic (exact) mass is 336 g/mol. The number of benzene rings is 2. The Balaban J connectivity index is 1.98. The van der Waals surface area contributed by atoms with Crippen LogP contribution in [-0.4, -0.2) is 5.91 Å². The van der Waals surface area contributed by atoms with Gasteiger partial charge in [0.25, 0.3) is 5.91 Å². The molecule has 20 heavy (non-hydrogen) atoms. The molecular weight excluding hydrogens is 323 g/mol. The second kappa shape index (κ2) is 6.63. The van der Waals surface area contributed by atoms with Crippen molar-refractivity contribution in [3.63, 3.8) is 0 Å². The smallest absolute Gasteiger partial charge is 0.251 e. The minimum absolute atomic E-state index is 0.242. The summed E-state index contributed by atoms with van der Waals surface area (Å²) in [6.45, 7) is 0.912. The first-order valence-electron chi connectivity index (χ1n) is 6.11. The van der Waals surface area contributed by atoms with E-state index in [9.17, 15) is 9.18 Å². The number of carbonyl (C=O) groups excluding carboxylic acids is 1. The average Bonchev–Trinajstić information content (AvgIpc) is 2.48. The molecule has 0 spiro atoms. The van der Waals surface area contributed by atoms with E-state index < -0.39 is 0 Å². The predicted octanol–water partition coefficient (Wildman–Crippen LogP) is 2.98. The Bertz CT molecular complexity index is 614. The number of nitrogens with two attached hydrogens (primary N) is 1. The lowest BCUT2D eigenvalue weighted by molar-refractivity contribution is 0.0951. The maximum atomic E-state index is 13.1. The molecule has 2 aromatic rings. The third-order valence-corrected chi connectivity index (χ3v) is 3.50. The lowest BCUT2D eigenvalue weighted by Gasteiger charge is -2.07. The van der Waals surface area contributed by atoms with Gasteiger partial charge in [-0.1, -0.05) is 24.3 Å². The quantitative estimate of drug-likeness (QED) is 0.901. The van der Waals surface area contributed by atoms with Gasteiger partial charge >= 0.3 is 0 Å². The minimum atomic E-state index is -0.390. The molecule has 0 radical (unpaired) electrons. The van der Waals surface area contributed by atoms with Crippen LogP contribution in [0.15, 0.2) is 46.9 Å². The fourth-order valence-electron chi connectivity index (χ4n) is 1.71. The number of rotatable bonds is 4. The lowest BCUT2D eigenvalue weighted by atomic mass is 10.1. The molecule has 0 atom stereocenters. The molecule has 0 aliphatic rings. The molecule has 3 N–H and O–H groups in total. The molecule has 104 valence electrons. The third-order valence-electron chi connectivity index (χ3n) is 2.89. The van der Waals surface area contributed by atoms with Crippen molar-refractivity contribution < 1.29 is 9.18 Å². The highest BCUT2D eigenvalue weighted by molar-refractivity contribution is 9.10. The first-order chi connectivity index (χ1) is 9.60. The molecule has 0 aliphatic heterocycles. The Labute approximate surface area is 125 Å². The van der Waals surface area contributed by atoms with Crippen LogP contribution in [0.2, 0.25) is 0 Å². The van der Waals surface area contributed by atoms with Crippen LogP contribution in [0.5, 0.6) is 0 Å². The van der Waals surface area contributed by atoms with E-state index in [2.05, 4.69) is 21.2 Å². The Hall–Kier alpha value is -1.72. The van der Waals surface area contributed by atoms with Crippen LogP contribution in [0.4, 0.5) is 4.39 Å².